The molecule has 0 spiro atoms. The Kier molecular flexibility index (Phi) is 4.32. The van der Waals surface area contributed by atoms with Gasteiger partial charge in [0, 0.05) is 5.56 Å². The van der Waals surface area contributed by atoms with Gasteiger partial charge in [-0.25, -0.2) is 0 Å². The molecule has 1 saturated carbocycles. The molecule has 0 aromatic heterocycles. The lowest BCUT2D eigenvalue weighted by molar-refractivity contribution is 0.0284. The summed E-state index contributed by atoms with van der Waals surface area (Å²) in [6.45, 7) is 2.20. The second-order valence-electron chi connectivity index (χ2n) is 4.81. The second-order valence-corrected chi connectivity index (χ2v) is 4.81. The number of carbonyl (C=O) groups is 1. The van der Waals surface area contributed by atoms with E-state index in [9.17, 15) is 4.79 Å². The summed E-state index contributed by atoms with van der Waals surface area (Å²) in [5, 5.41) is 0. The number of ketones is 1. The fraction of sp³-hybridized carbons (Fsp3) is 0.533. The van der Waals surface area contributed by atoms with Crippen LogP contribution < -0.4 is 0 Å². The van der Waals surface area contributed by atoms with Crippen molar-refractivity contribution in [2.45, 2.75) is 45.1 Å². The number of hydrogen-bond donors (Lipinski definition) is 0. The van der Waals surface area contributed by atoms with Gasteiger partial charge >= 0.3 is 0 Å². The van der Waals surface area contributed by atoms with Crippen LogP contribution in [0.1, 0.15) is 48.0 Å². The van der Waals surface area contributed by atoms with Gasteiger partial charge in [-0.05, 0) is 25.3 Å². The van der Waals surface area contributed by atoms with Crippen LogP contribution in [0.3, 0.4) is 0 Å². The van der Waals surface area contributed by atoms with E-state index in [4.69, 9.17) is 4.74 Å². The van der Waals surface area contributed by atoms with E-state index in [-0.39, 0.29) is 12.4 Å². The Hall–Kier alpha value is -1.15. The molecule has 1 aromatic carbocycles. The predicted octanol–water partition coefficient (Wildman–Crippen LogP) is 3.53. The normalized spacial score (nSPS) is 17.0. The van der Waals surface area contributed by atoms with Crippen molar-refractivity contribution < 1.29 is 9.53 Å². The third-order valence-corrected chi connectivity index (χ3v) is 3.45. The van der Waals surface area contributed by atoms with Gasteiger partial charge in [-0.15, -0.1) is 0 Å². The lowest BCUT2D eigenvalue weighted by Crippen LogP contribution is -2.21. The van der Waals surface area contributed by atoms with E-state index in [1.165, 1.54) is 19.3 Å². The molecule has 2 rings (SSSR count). The number of hydrogen-bond acceptors (Lipinski definition) is 2. The summed E-state index contributed by atoms with van der Waals surface area (Å²) in [4.78, 5) is 12.0. The van der Waals surface area contributed by atoms with E-state index < -0.39 is 0 Å². The summed E-state index contributed by atoms with van der Waals surface area (Å²) in [6, 6.07) is 7.70. The molecule has 17 heavy (non-hydrogen) atoms. The third-order valence-electron chi connectivity index (χ3n) is 3.45. The van der Waals surface area contributed by atoms with Crippen LogP contribution in [0.2, 0.25) is 0 Å². The fourth-order valence-electron chi connectivity index (χ4n) is 2.39. The van der Waals surface area contributed by atoms with E-state index >= 15 is 0 Å². The van der Waals surface area contributed by atoms with Crippen molar-refractivity contribution in [3.8, 4) is 0 Å². The van der Waals surface area contributed by atoms with Gasteiger partial charge in [-0.3, -0.25) is 4.79 Å². The molecular weight excluding hydrogens is 212 g/mol. The topological polar surface area (TPSA) is 26.3 Å². The fourth-order valence-corrected chi connectivity index (χ4v) is 2.39. The molecule has 1 fully saturated rings. The first-order valence-electron chi connectivity index (χ1n) is 6.48. The van der Waals surface area contributed by atoms with E-state index in [0.717, 1.165) is 24.0 Å². The van der Waals surface area contributed by atoms with Crippen molar-refractivity contribution in [2.75, 3.05) is 6.61 Å². The van der Waals surface area contributed by atoms with Gasteiger partial charge in [-0.1, -0.05) is 43.5 Å². The minimum Gasteiger partial charge on any atom is -0.370 e. The minimum absolute atomic E-state index is 0.105. The highest BCUT2D eigenvalue weighted by molar-refractivity contribution is 5.98. The summed E-state index contributed by atoms with van der Waals surface area (Å²) in [5.74, 6) is 0.105. The third kappa shape index (κ3) is 3.40. The standard InChI is InChI=1S/C15H20O2/c1-12-7-5-6-10-14(12)15(16)11-17-13-8-3-2-4-9-13/h5-7,10,13H,2-4,8-9,11H2,1H3. The molecule has 1 aromatic rings. The van der Waals surface area contributed by atoms with Gasteiger partial charge in [0.05, 0.1) is 6.10 Å². The average molecular weight is 232 g/mol. The minimum atomic E-state index is 0.105. The SMILES string of the molecule is Cc1ccccc1C(=O)COC1CCCCC1. The van der Waals surface area contributed by atoms with Crippen LogP contribution in [0.25, 0.3) is 0 Å². The highest BCUT2D eigenvalue weighted by atomic mass is 16.5. The van der Waals surface area contributed by atoms with Crippen LogP contribution >= 0.6 is 0 Å². The highest BCUT2D eigenvalue weighted by Crippen LogP contribution is 2.20. The maximum absolute atomic E-state index is 12.0. The first kappa shape index (κ1) is 12.3. The smallest absolute Gasteiger partial charge is 0.188 e. The summed E-state index contributed by atoms with van der Waals surface area (Å²) < 4.78 is 5.70. The monoisotopic (exact) mass is 232 g/mol. The van der Waals surface area contributed by atoms with E-state index in [0.29, 0.717) is 6.10 Å². The average Bonchev–Trinajstić information content (AvgIpc) is 2.38. The number of carbonyl (C=O) groups excluding carboxylic acids is 1. The van der Waals surface area contributed by atoms with Gasteiger partial charge in [0.2, 0.25) is 0 Å². The van der Waals surface area contributed by atoms with Crippen molar-refractivity contribution in [2.24, 2.45) is 0 Å². The Labute approximate surface area is 103 Å². The molecule has 0 bridgehead atoms. The maximum Gasteiger partial charge on any atom is 0.188 e. The largest absolute Gasteiger partial charge is 0.370 e. The quantitative estimate of drug-likeness (QED) is 0.742. The molecule has 0 aliphatic heterocycles. The molecule has 2 nitrogen and oxygen atoms in total. The van der Waals surface area contributed by atoms with E-state index in [2.05, 4.69) is 0 Å². The van der Waals surface area contributed by atoms with Crippen molar-refractivity contribution in [1.82, 2.24) is 0 Å². The first-order chi connectivity index (χ1) is 8.27. The van der Waals surface area contributed by atoms with Crippen LogP contribution in [-0.2, 0) is 4.74 Å². The zero-order valence-electron chi connectivity index (χ0n) is 10.4. The van der Waals surface area contributed by atoms with Crippen LogP contribution in [0.15, 0.2) is 24.3 Å². The molecule has 0 atom stereocenters. The van der Waals surface area contributed by atoms with Crippen LogP contribution in [-0.4, -0.2) is 18.5 Å². The summed E-state index contributed by atoms with van der Waals surface area (Å²) in [7, 11) is 0. The Bertz CT molecular complexity index is 378. The highest BCUT2D eigenvalue weighted by Gasteiger charge is 2.16. The van der Waals surface area contributed by atoms with Gasteiger partial charge in [0.1, 0.15) is 6.61 Å². The molecule has 1 aliphatic rings. The number of ether oxygens (including phenoxy) is 1. The Balaban J connectivity index is 1.87. The van der Waals surface area contributed by atoms with Crippen LogP contribution in [0.5, 0.6) is 0 Å². The van der Waals surface area contributed by atoms with Crippen LogP contribution in [0, 0.1) is 6.92 Å². The Morgan fingerprint density at radius 3 is 2.65 bits per heavy atom. The Morgan fingerprint density at radius 1 is 1.24 bits per heavy atom. The lowest BCUT2D eigenvalue weighted by atomic mass is 9.98. The van der Waals surface area contributed by atoms with Crippen molar-refractivity contribution in [3.63, 3.8) is 0 Å². The zero-order chi connectivity index (χ0) is 12.1. The second kappa shape index (κ2) is 5.97. The molecule has 0 saturated heterocycles. The molecule has 92 valence electrons. The van der Waals surface area contributed by atoms with Gasteiger partial charge in [0.15, 0.2) is 5.78 Å². The molecule has 1 aliphatic carbocycles. The summed E-state index contributed by atoms with van der Waals surface area (Å²) >= 11 is 0. The number of benzene rings is 1. The molecule has 0 unspecified atom stereocenters. The predicted molar refractivity (Wildman–Crippen MR) is 68.3 cm³/mol. The molecular formula is C15H20O2. The number of aryl methyl sites for hydroxylation is 1. The molecule has 0 amide bonds. The molecule has 2 heteroatoms. The summed E-state index contributed by atoms with van der Waals surface area (Å²) in [5.41, 5.74) is 1.83. The van der Waals surface area contributed by atoms with Crippen molar-refractivity contribution >= 4 is 5.78 Å². The Morgan fingerprint density at radius 2 is 1.94 bits per heavy atom. The maximum atomic E-state index is 12.0. The van der Waals surface area contributed by atoms with Gasteiger partial charge < -0.3 is 4.74 Å². The van der Waals surface area contributed by atoms with Crippen LogP contribution in [0.4, 0.5) is 0 Å². The van der Waals surface area contributed by atoms with Gasteiger partial charge in [-0.2, -0.15) is 0 Å². The van der Waals surface area contributed by atoms with Crippen molar-refractivity contribution in [3.05, 3.63) is 35.4 Å². The first-order valence-corrected chi connectivity index (χ1v) is 6.48. The summed E-state index contributed by atoms with van der Waals surface area (Å²) in [6.07, 6.45) is 6.32. The van der Waals surface area contributed by atoms with Gasteiger partial charge in [0.25, 0.3) is 0 Å². The zero-order valence-corrected chi connectivity index (χ0v) is 10.4. The number of Topliss-reactive ketones (excluding diaryl/α,β-unsaturated/α-hetero) is 1. The van der Waals surface area contributed by atoms with E-state index in [1.54, 1.807) is 0 Å². The molecule has 0 radical (unpaired) electrons. The number of rotatable bonds is 4. The lowest BCUT2D eigenvalue weighted by Gasteiger charge is -2.21. The molecule has 0 N–H and O–H groups in total. The van der Waals surface area contributed by atoms with Crippen molar-refractivity contribution in [1.29, 1.82) is 0 Å². The molecule has 0 heterocycles. The van der Waals surface area contributed by atoms with E-state index in [1.807, 2.05) is 31.2 Å².